The van der Waals surface area contributed by atoms with E-state index in [0.29, 0.717) is 5.69 Å². The van der Waals surface area contributed by atoms with Crippen molar-refractivity contribution in [2.24, 2.45) is 7.05 Å². The van der Waals surface area contributed by atoms with Crippen LogP contribution in [0.25, 0.3) is 11.3 Å². The molecule has 2 aromatic rings. The topological polar surface area (TPSA) is 17.8 Å². The summed E-state index contributed by atoms with van der Waals surface area (Å²) in [5.41, 5.74) is 1.36. The van der Waals surface area contributed by atoms with Crippen LogP contribution in [-0.2, 0) is 7.05 Å². The van der Waals surface area contributed by atoms with E-state index in [1.54, 1.807) is 0 Å². The first-order valence-corrected chi connectivity index (χ1v) is 5.56. The van der Waals surface area contributed by atoms with Gasteiger partial charge in [-0.25, -0.2) is 8.78 Å². The van der Waals surface area contributed by atoms with Gasteiger partial charge in [-0.15, -0.1) is 0 Å². The van der Waals surface area contributed by atoms with Crippen molar-refractivity contribution in [1.82, 2.24) is 9.78 Å². The van der Waals surface area contributed by atoms with Gasteiger partial charge in [0.2, 0.25) is 0 Å². The van der Waals surface area contributed by atoms with Gasteiger partial charge in [-0.1, -0.05) is 44.2 Å². The van der Waals surface area contributed by atoms with Crippen LogP contribution in [0.3, 0.4) is 0 Å². The van der Waals surface area contributed by atoms with Gasteiger partial charge in [0, 0.05) is 12.6 Å². The zero-order chi connectivity index (χ0) is 12.8. The molecule has 92 valence electrons. The molecule has 17 heavy (non-hydrogen) atoms. The lowest BCUT2D eigenvalue weighted by molar-refractivity contribution is 0.141. The molecule has 0 aliphatic rings. The van der Waals surface area contributed by atoms with E-state index in [4.69, 9.17) is 0 Å². The Bertz CT molecular complexity index is 450. The highest BCUT2D eigenvalue weighted by molar-refractivity contribution is 5.59. The fourth-order valence-corrected chi connectivity index (χ4v) is 1.44. The van der Waals surface area contributed by atoms with E-state index in [1.807, 2.05) is 44.2 Å². The van der Waals surface area contributed by atoms with Crippen molar-refractivity contribution in [2.75, 3.05) is 0 Å². The monoisotopic (exact) mass is 238 g/mol. The third-order valence-corrected chi connectivity index (χ3v) is 2.21. The summed E-state index contributed by atoms with van der Waals surface area (Å²) in [4.78, 5) is 0. The first-order chi connectivity index (χ1) is 8.18. The second kappa shape index (κ2) is 6.13. The summed E-state index contributed by atoms with van der Waals surface area (Å²) < 4.78 is 26.2. The second-order valence-electron chi connectivity index (χ2n) is 3.24. The molecule has 1 aromatic carbocycles. The largest absolute Gasteiger partial charge is 0.280 e. The average Bonchev–Trinajstić information content (AvgIpc) is 2.75. The van der Waals surface area contributed by atoms with Gasteiger partial charge in [-0.2, -0.15) is 5.10 Å². The van der Waals surface area contributed by atoms with Gasteiger partial charge < -0.3 is 0 Å². The van der Waals surface area contributed by atoms with Crippen LogP contribution in [0, 0.1) is 0 Å². The summed E-state index contributed by atoms with van der Waals surface area (Å²) in [7, 11) is 1.52. The molecule has 1 aromatic heterocycles. The first kappa shape index (κ1) is 13.4. The lowest BCUT2D eigenvalue weighted by Crippen LogP contribution is -1.97. The highest BCUT2D eigenvalue weighted by Gasteiger charge is 2.14. The Morgan fingerprint density at radius 1 is 1.12 bits per heavy atom. The van der Waals surface area contributed by atoms with Crippen LogP contribution >= 0.6 is 0 Å². The Hall–Kier alpha value is -1.71. The second-order valence-corrected chi connectivity index (χ2v) is 3.24. The minimum atomic E-state index is -2.49. The molecule has 0 unspecified atom stereocenters. The van der Waals surface area contributed by atoms with E-state index in [-0.39, 0.29) is 5.69 Å². The maximum Gasteiger partial charge on any atom is 0.280 e. The smallest absolute Gasteiger partial charge is 0.266 e. The molecular formula is C13H16F2N2. The summed E-state index contributed by atoms with van der Waals surface area (Å²) in [6.45, 7) is 4.00. The Morgan fingerprint density at radius 2 is 1.71 bits per heavy atom. The standard InChI is InChI=1S/C11H10F2N2.C2H6/c1-15-10(11(12)13)7-9(14-15)8-5-3-2-4-6-8;1-2/h2-7,11H,1H3;1-2H3. The van der Waals surface area contributed by atoms with Gasteiger partial charge in [0.15, 0.2) is 0 Å². The van der Waals surface area contributed by atoms with E-state index in [0.717, 1.165) is 5.56 Å². The van der Waals surface area contributed by atoms with Crippen LogP contribution < -0.4 is 0 Å². The first-order valence-electron chi connectivity index (χ1n) is 5.56. The fourth-order valence-electron chi connectivity index (χ4n) is 1.44. The molecule has 2 nitrogen and oxygen atoms in total. The molecule has 0 saturated carbocycles. The lowest BCUT2D eigenvalue weighted by Gasteiger charge is -1.96. The number of aromatic nitrogens is 2. The van der Waals surface area contributed by atoms with Gasteiger partial charge in [-0.05, 0) is 6.07 Å². The maximum atomic E-state index is 12.5. The third kappa shape index (κ3) is 3.12. The molecule has 0 atom stereocenters. The van der Waals surface area contributed by atoms with Crippen molar-refractivity contribution in [2.45, 2.75) is 20.3 Å². The van der Waals surface area contributed by atoms with Crippen molar-refractivity contribution >= 4 is 0 Å². The van der Waals surface area contributed by atoms with Gasteiger partial charge in [0.25, 0.3) is 6.43 Å². The molecule has 0 amide bonds. The van der Waals surface area contributed by atoms with Crippen LogP contribution in [0.1, 0.15) is 26.0 Å². The molecule has 0 spiro atoms. The molecule has 0 fully saturated rings. The summed E-state index contributed by atoms with van der Waals surface area (Å²) in [5.74, 6) is 0. The van der Waals surface area contributed by atoms with Crippen LogP contribution in [0.4, 0.5) is 8.78 Å². The molecule has 0 saturated heterocycles. The molecular weight excluding hydrogens is 222 g/mol. The minimum Gasteiger partial charge on any atom is -0.266 e. The van der Waals surface area contributed by atoms with Crippen molar-refractivity contribution in [1.29, 1.82) is 0 Å². The average molecular weight is 238 g/mol. The van der Waals surface area contributed by atoms with Gasteiger partial charge in [-0.3, -0.25) is 4.68 Å². The molecule has 0 radical (unpaired) electrons. The van der Waals surface area contributed by atoms with Crippen molar-refractivity contribution in [3.8, 4) is 11.3 Å². The van der Waals surface area contributed by atoms with Crippen LogP contribution in [-0.4, -0.2) is 9.78 Å². The summed E-state index contributed by atoms with van der Waals surface area (Å²) in [5, 5.41) is 4.04. The number of nitrogens with zero attached hydrogens (tertiary/aromatic N) is 2. The fraction of sp³-hybridized carbons (Fsp3) is 0.308. The highest BCUT2D eigenvalue weighted by Crippen LogP contribution is 2.24. The van der Waals surface area contributed by atoms with E-state index in [2.05, 4.69) is 5.10 Å². The summed E-state index contributed by atoms with van der Waals surface area (Å²) in [6.07, 6.45) is -2.49. The number of hydrogen-bond donors (Lipinski definition) is 0. The molecule has 0 bridgehead atoms. The Labute approximate surface area is 99.9 Å². The van der Waals surface area contributed by atoms with Crippen LogP contribution in [0.15, 0.2) is 36.4 Å². The van der Waals surface area contributed by atoms with Gasteiger partial charge >= 0.3 is 0 Å². The molecule has 0 aliphatic carbocycles. The summed E-state index contributed by atoms with van der Waals surface area (Å²) in [6, 6.07) is 10.7. The number of halogens is 2. The quantitative estimate of drug-likeness (QED) is 0.771. The molecule has 4 heteroatoms. The normalized spacial score (nSPS) is 10.0. The Kier molecular flexibility index (Phi) is 4.82. The Morgan fingerprint density at radius 3 is 2.18 bits per heavy atom. The number of alkyl halides is 2. The SMILES string of the molecule is CC.Cn1nc(-c2ccccc2)cc1C(F)F. The zero-order valence-electron chi connectivity index (χ0n) is 10.2. The predicted molar refractivity (Wildman–Crippen MR) is 64.9 cm³/mol. The van der Waals surface area contributed by atoms with E-state index < -0.39 is 6.43 Å². The van der Waals surface area contributed by atoms with E-state index >= 15 is 0 Å². The van der Waals surface area contributed by atoms with Crippen LogP contribution in [0.2, 0.25) is 0 Å². The Balaban J connectivity index is 0.000000686. The van der Waals surface area contributed by atoms with Gasteiger partial charge in [0.05, 0.1) is 5.69 Å². The summed E-state index contributed by atoms with van der Waals surface area (Å²) >= 11 is 0. The maximum absolute atomic E-state index is 12.5. The molecule has 2 rings (SSSR count). The molecule has 0 aliphatic heterocycles. The van der Waals surface area contributed by atoms with E-state index in [9.17, 15) is 8.78 Å². The molecule has 1 heterocycles. The highest BCUT2D eigenvalue weighted by atomic mass is 19.3. The zero-order valence-corrected chi connectivity index (χ0v) is 10.2. The lowest BCUT2D eigenvalue weighted by atomic mass is 10.1. The van der Waals surface area contributed by atoms with Gasteiger partial charge in [0.1, 0.15) is 5.69 Å². The number of aryl methyl sites for hydroxylation is 1. The third-order valence-electron chi connectivity index (χ3n) is 2.21. The van der Waals surface area contributed by atoms with Crippen molar-refractivity contribution in [3.63, 3.8) is 0 Å². The minimum absolute atomic E-state index is 0.0612. The molecule has 0 N–H and O–H groups in total. The number of hydrogen-bond acceptors (Lipinski definition) is 1. The van der Waals surface area contributed by atoms with Crippen molar-refractivity contribution in [3.05, 3.63) is 42.1 Å². The predicted octanol–water partition coefficient (Wildman–Crippen LogP) is 4.05. The van der Waals surface area contributed by atoms with Crippen LogP contribution in [0.5, 0.6) is 0 Å². The van der Waals surface area contributed by atoms with E-state index in [1.165, 1.54) is 17.8 Å². The number of benzene rings is 1. The number of rotatable bonds is 2. The van der Waals surface area contributed by atoms with Crippen molar-refractivity contribution < 1.29 is 8.78 Å².